The van der Waals surface area contributed by atoms with Crippen molar-refractivity contribution in [3.05, 3.63) is 53.2 Å². The van der Waals surface area contributed by atoms with Crippen LogP contribution in [0.1, 0.15) is 59.8 Å². The van der Waals surface area contributed by atoms with E-state index >= 15 is 0 Å². The van der Waals surface area contributed by atoms with Gasteiger partial charge in [-0.3, -0.25) is 9.78 Å². The van der Waals surface area contributed by atoms with Crippen molar-refractivity contribution in [3.8, 4) is 0 Å². The van der Waals surface area contributed by atoms with Gasteiger partial charge in [-0.1, -0.05) is 6.07 Å². The van der Waals surface area contributed by atoms with Crippen LogP contribution in [-0.2, 0) is 0 Å². The molecule has 4 heterocycles. The number of anilines is 1. The minimum Gasteiger partial charge on any atom is -0.356 e. The number of carbonyl (C=O) groups excluding carboxylic acids is 1. The van der Waals surface area contributed by atoms with Crippen LogP contribution in [0.5, 0.6) is 0 Å². The molecule has 0 radical (unpaired) electrons. The van der Waals surface area contributed by atoms with Gasteiger partial charge >= 0.3 is 0 Å². The number of aryl methyl sites for hydroxylation is 2. The van der Waals surface area contributed by atoms with Crippen molar-refractivity contribution in [3.63, 3.8) is 0 Å². The summed E-state index contributed by atoms with van der Waals surface area (Å²) in [7, 11) is 0. The summed E-state index contributed by atoms with van der Waals surface area (Å²) >= 11 is 0. The van der Waals surface area contributed by atoms with Gasteiger partial charge in [-0.2, -0.15) is 0 Å². The number of aromatic nitrogens is 4. The van der Waals surface area contributed by atoms with E-state index in [-0.39, 0.29) is 17.8 Å². The molecule has 1 atom stereocenters. The van der Waals surface area contributed by atoms with Crippen LogP contribution in [0.25, 0.3) is 11.0 Å². The maximum Gasteiger partial charge on any atom is 0.289 e. The summed E-state index contributed by atoms with van der Waals surface area (Å²) < 4.78 is 0. The Morgan fingerprint density at radius 2 is 1.90 bits per heavy atom. The first-order valence-electron chi connectivity index (χ1n) is 10.2. The summed E-state index contributed by atoms with van der Waals surface area (Å²) in [6.07, 6.45) is 5.20. The maximum absolute atomic E-state index is 13.0. The highest BCUT2D eigenvalue weighted by Crippen LogP contribution is 2.29. The zero-order valence-electron chi connectivity index (χ0n) is 17.1. The Hall–Kier alpha value is -3.09. The van der Waals surface area contributed by atoms with Gasteiger partial charge in [0.15, 0.2) is 5.65 Å². The second-order valence-electron chi connectivity index (χ2n) is 7.65. The second-order valence-corrected chi connectivity index (χ2v) is 7.65. The summed E-state index contributed by atoms with van der Waals surface area (Å²) in [5, 5.41) is 3.90. The number of amides is 1. The fourth-order valence-electron chi connectivity index (χ4n) is 3.86. The van der Waals surface area contributed by atoms with Crippen molar-refractivity contribution >= 4 is 22.8 Å². The Morgan fingerprint density at radius 3 is 2.62 bits per heavy atom. The molecule has 1 saturated heterocycles. The Morgan fingerprint density at radius 1 is 1.10 bits per heavy atom. The van der Waals surface area contributed by atoms with Crippen molar-refractivity contribution in [1.82, 2.24) is 25.3 Å². The molecule has 1 amide bonds. The van der Waals surface area contributed by atoms with Crippen molar-refractivity contribution in [2.24, 2.45) is 0 Å². The van der Waals surface area contributed by atoms with Crippen LogP contribution in [0.15, 0.2) is 30.5 Å². The second kappa shape index (κ2) is 8.11. The van der Waals surface area contributed by atoms with E-state index < -0.39 is 0 Å². The quantitative estimate of drug-likeness (QED) is 0.734. The lowest BCUT2D eigenvalue weighted by atomic mass is 10.1. The Kier molecular flexibility index (Phi) is 5.38. The number of fused-ring (bicyclic) bond motifs is 1. The first-order chi connectivity index (χ1) is 14.0. The van der Waals surface area contributed by atoms with Crippen LogP contribution in [0, 0.1) is 13.8 Å². The summed E-state index contributed by atoms with van der Waals surface area (Å²) in [5.41, 5.74) is 3.34. The number of nitrogens with one attached hydrogen (secondary N) is 1. The molecule has 0 saturated carbocycles. The molecule has 7 nitrogen and oxygen atoms in total. The van der Waals surface area contributed by atoms with Gasteiger partial charge in [-0.25, -0.2) is 15.0 Å². The monoisotopic (exact) mass is 390 g/mol. The summed E-state index contributed by atoms with van der Waals surface area (Å²) in [6.45, 7) is 7.77. The number of rotatable bonds is 4. The average Bonchev–Trinajstić information content (AvgIpc) is 2.73. The smallest absolute Gasteiger partial charge is 0.289 e. The average molecular weight is 390 g/mol. The highest BCUT2D eigenvalue weighted by Gasteiger charge is 2.23. The van der Waals surface area contributed by atoms with Crippen molar-refractivity contribution in [2.45, 2.75) is 46.1 Å². The summed E-state index contributed by atoms with van der Waals surface area (Å²) in [6, 6.07) is 7.45. The number of pyridine rings is 2. The Bertz CT molecular complexity index is 1030. The zero-order valence-corrected chi connectivity index (χ0v) is 17.1. The third-order valence-electron chi connectivity index (χ3n) is 5.31. The number of carbonyl (C=O) groups is 1. The first kappa shape index (κ1) is 19.2. The minimum atomic E-state index is -0.315. The molecule has 150 valence electrons. The van der Waals surface area contributed by atoms with E-state index in [0.29, 0.717) is 5.65 Å². The molecule has 1 fully saturated rings. The highest BCUT2D eigenvalue weighted by molar-refractivity contribution is 5.97. The molecule has 1 unspecified atom stereocenters. The lowest BCUT2D eigenvalue weighted by Crippen LogP contribution is -2.33. The van der Waals surface area contributed by atoms with Crippen LogP contribution in [0.3, 0.4) is 0 Å². The number of piperidine rings is 1. The lowest BCUT2D eigenvalue weighted by molar-refractivity contribution is 0.0929. The molecule has 3 aromatic heterocycles. The maximum atomic E-state index is 13.0. The van der Waals surface area contributed by atoms with E-state index in [1.165, 1.54) is 6.42 Å². The summed E-state index contributed by atoms with van der Waals surface area (Å²) in [5.74, 6) is 0.651. The van der Waals surface area contributed by atoms with Crippen LogP contribution in [0.2, 0.25) is 0 Å². The van der Waals surface area contributed by atoms with Crippen molar-refractivity contribution in [2.75, 3.05) is 18.0 Å². The predicted octanol–water partition coefficient (Wildman–Crippen LogP) is 3.52. The fourth-order valence-corrected chi connectivity index (χ4v) is 3.86. The van der Waals surface area contributed by atoms with Gasteiger partial charge in [-0.05, 0) is 63.8 Å². The lowest BCUT2D eigenvalue weighted by Gasteiger charge is -2.29. The topological polar surface area (TPSA) is 83.9 Å². The number of hydrogen-bond donors (Lipinski definition) is 1. The van der Waals surface area contributed by atoms with Gasteiger partial charge in [0, 0.05) is 25.0 Å². The van der Waals surface area contributed by atoms with Crippen molar-refractivity contribution < 1.29 is 4.79 Å². The van der Waals surface area contributed by atoms with E-state index in [1.54, 1.807) is 6.20 Å². The number of nitrogens with zero attached hydrogens (tertiary/aromatic N) is 5. The van der Waals surface area contributed by atoms with Gasteiger partial charge in [0.05, 0.1) is 17.1 Å². The molecule has 0 aliphatic carbocycles. The van der Waals surface area contributed by atoms with Crippen LogP contribution >= 0.6 is 0 Å². The minimum absolute atomic E-state index is 0.151. The number of hydrogen-bond acceptors (Lipinski definition) is 6. The van der Waals surface area contributed by atoms with E-state index in [1.807, 2.05) is 38.1 Å². The van der Waals surface area contributed by atoms with Gasteiger partial charge in [0.25, 0.3) is 5.91 Å². The molecular weight excluding hydrogens is 364 g/mol. The largest absolute Gasteiger partial charge is 0.356 e. The normalized spacial score (nSPS) is 15.3. The van der Waals surface area contributed by atoms with Crippen LogP contribution < -0.4 is 10.2 Å². The third kappa shape index (κ3) is 4.04. The Balaban J connectivity index is 1.73. The third-order valence-corrected chi connectivity index (χ3v) is 5.31. The summed E-state index contributed by atoms with van der Waals surface area (Å²) in [4.78, 5) is 33.4. The van der Waals surface area contributed by atoms with Crippen molar-refractivity contribution in [1.29, 1.82) is 0 Å². The molecule has 3 aromatic rings. The molecule has 7 heteroatoms. The SMILES string of the molecule is Cc1cc(C)c2c(N3CCCCC3)nc(C(=O)NC(C)c3ccccn3)nc2n1. The highest BCUT2D eigenvalue weighted by atomic mass is 16.2. The van der Waals surface area contributed by atoms with Gasteiger partial charge in [0.2, 0.25) is 5.82 Å². The standard InChI is InChI=1S/C22H26N6O/c1-14-13-15(2)24-19-18(14)21(28-11-7-4-8-12-28)27-20(26-19)22(29)25-16(3)17-9-5-6-10-23-17/h5-6,9-10,13,16H,4,7-8,11-12H2,1-3H3,(H,25,29). The molecule has 1 N–H and O–H groups in total. The molecule has 0 bridgehead atoms. The van der Waals surface area contributed by atoms with E-state index in [0.717, 1.165) is 54.1 Å². The molecule has 1 aliphatic heterocycles. The van der Waals surface area contributed by atoms with Gasteiger partial charge in [0.1, 0.15) is 5.82 Å². The molecular formula is C22H26N6O. The predicted molar refractivity (Wildman–Crippen MR) is 113 cm³/mol. The van der Waals surface area contributed by atoms with Crippen LogP contribution in [-0.4, -0.2) is 38.9 Å². The molecule has 4 rings (SSSR count). The Labute approximate surface area is 170 Å². The molecule has 0 aromatic carbocycles. The zero-order chi connectivity index (χ0) is 20.4. The first-order valence-corrected chi connectivity index (χ1v) is 10.2. The molecule has 1 aliphatic rings. The van der Waals surface area contributed by atoms with Gasteiger partial charge in [-0.15, -0.1) is 0 Å². The van der Waals surface area contributed by atoms with Gasteiger partial charge < -0.3 is 10.2 Å². The van der Waals surface area contributed by atoms with E-state index in [2.05, 4.69) is 32.1 Å². The molecule has 29 heavy (non-hydrogen) atoms. The molecule has 0 spiro atoms. The van der Waals surface area contributed by atoms with Crippen LogP contribution in [0.4, 0.5) is 5.82 Å². The van der Waals surface area contributed by atoms with E-state index in [9.17, 15) is 4.79 Å². The fraction of sp³-hybridized carbons (Fsp3) is 0.409. The van der Waals surface area contributed by atoms with E-state index in [4.69, 9.17) is 4.98 Å².